The number of hydrogen-bond acceptors (Lipinski definition) is 6. The number of aryl methyl sites for hydroxylation is 1. The van der Waals surface area contributed by atoms with Crippen LogP contribution in [0.5, 0.6) is 0 Å². The molecule has 7 heteroatoms. The molecule has 32 heavy (non-hydrogen) atoms. The molecule has 1 fully saturated rings. The van der Waals surface area contributed by atoms with Crippen molar-refractivity contribution in [3.05, 3.63) is 77.5 Å². The minimum Gasteiger partial charge on any atom is -0.393 e. The molecule has 0 bridgehead atoms. The van der Waals surface area contributed by atoms with E-state index in [0.717, 1.165) is 60.8 Å². The molecule has 2 aromatic heterocycles. The number of nitrogens with zero attached hydrogens (tertiary/aromatic N) is 4. The predicted molar refractivity (Wildman–Crippen MR) is 125 cm³/mol. The largest absolute Gasteiger partial charge is 0.393 e. The van der Waals surface area contributed by atoms with Crippen LogP contribution in [0.1, 0.15) is 53.0 Å². The summed E-state index contributed by atoms with van der Waals surface area (Å²) in [5.74, 6) is 0.905. The first kappa shape index (κ1) is 21.9. The smallest absolute Gasteiger partial charge is 0.257 e. The van der Waals surface area contributed by atoms with Gasteiger partial charge in [0.15, 0.2) is 0 Å². The van der Waals surface area contributed by atoms with Crippen molar-refractivity contribution in [1.82, 2.24) is 15.0 Å². The van der Waals surface area contributed by atoms with E-state index in [4.69, 9.17) is 4.98 Å². The summed E-state index contributed by atoms with van der Waals surface area (Å²) in [5, 5.41) is 12.7. The van der Waals surface area contributed by atoms with Crippen LogP contribution in [-0.4, -0.2) is 45.2 Å². The summed E-state index contributed by atoms with van der Waals surface area (Å²) < 4.78 is 0. The summed E-state index contributed by atoms with van der Waals surface area (Å²) in [4.78, 5) is 28.1. The Labute approximate surface area is 188 Å². The maximum Gasteiger partial charge on any atom is 0.257 e. The summed E-state index contributed by atoms with van der Waals surface area (Å²) in [6.45, 7) is 5.64. The molecule has 0 radical (unpaired) electrons. The molecule has 166 valence electrons. The molecule has 1 aliphatic rings. The van der Waals surface area contributed by atoms with Crippen molar-refractivity contribution >= 4 is 17.4 Å². The first-order valence-corrected chi connectivity index (χ1v) is 11.1. The van der Waals surface area contributed by atoms with Gasteiger partial charge in [0.25, 0.3) is 5.91 Å². The van der Waals surface area contributed by atoms with E-state index in [0.29, 0.717) is 5.56 Å². The standard InChI is InChI=1S/C25H29N5O2/c1-17(12-22-15-26-16-24(28-22)30-10-8-23(31)9-11-30)19-4-3-5-21(13-19)29-25(32)20-7-6-18(2)27-14-20/h3-7,13-17,23,31H,8-12H2,1-2H3,(H,29,32)/t17-/m1/s1. The number of benzene rings is 1. The van der Waals surface area contributed by atoms with E-state index in [1.165, 1.54) is 0 Å². The number of pyridine rings is 1. The van der Waals surface area contributed by atoms with Crippen LogP contribution in [0.15, 0.2) is 55.0 Å². The molecule has 1 amide bonds. The third-order valence-electron chi connectivity index (χ3n) is 5.86. The molecular weight excluding hydrogens is 402 g/mol. The number of hydrogen-bond donors (Lipinski definition) is 2. The second-order valence-corrected chi connectivity index (χ2v) is 8.46. The predicted octanol–water partition coefficient (Wildman–Crippen LogP) is 3.74. The van der Waals surface area contributed by atoms with Gasteiger partial charge < -0.3 is 15.3 Å². The highest BCUT2D eigenvalue weighted by atomic mass is 16.3. The van der Waals surface area contributed by atoms with E-state index in [1.807, 2.05) is 37.4 Å². The molecule has 2 N–H and O–H groups in total. The van der Waals surface area contributed by atoms with Crippen molar-refractivity contribution in [1.29, 1.82) is 0 Å². The Morgan fingerprint density at radius 2 is 2.00 bits per heavy atom. The number of aromatic nitrogens is 3. The van der Waals surface area contributed by atoms with E-state index in [-0.39, 0.29) is 17.9 Å². The van der Waals surface area contributed by atoms with Crippen LogP contribution >= 0.6 is 0 Å². The molecule has 0 aliphatic carbocycles. The van der Waals surface area contributed by atoms with Crippen molar-refractivity contribution in [2.24, 2.45) is 0 Å². The van der Waals surface area contributed by atoms with Gasteiger partial charge in [-0.15, -0.1) is 0 Å². The van der Waals surface area contributed by atoms with Gasteiger partial charge in [0.2, 0.25) is 0 Å². The Kier molecular flexibility index (Phi) is 6.75. The highest BCUT2D eigenvalue weighted by Gasteiger charge is 2.19. The number of carbonyl (C=O) groups excluding carboxylic acids is 1. The van der Waals surface area contributed by atoms with Crippen molar-refractivity contribution < 1.29 is 9.90 Å². The summed E-state index contributed by atoms with van der Waals surface area (Å²) in [6.07, 6.45) is 7.26. The highest BCUT2D eigenvalue weighted by molar-refractivity contribution is 6.04. The van der Waals surface area contributed by atoms with Gasteiger partial charge in [0.05, 0.1) is 23.6 Å². The summed E-state index contributed by atoms with van der Waals surface area (Å²) >= 11 is 0. The first-order valence-electron chi connectivity index (χ1n) is 11.1. The van der Waals surface area contributed by atoms with Crippen molar-refractivity contribution in [3.8, 4) is 0 Å². The van der Waals surface area contributed by atoms with E-state index in [2.05, 4.69) is 33.2 Å². The Morgan fingerprint density at radius 3 is 2.75 bits per heavy atom. The number of aliphatic hydroxyl groups is 1. The maximum atomic E-state index is 12.5. The van der Waals surface area contributed by atoms with Gasteiger partial charge in [-0.1, -0.05) is 19.1 Å². The first-order chi connectivity index (χ1) is 15.5. The molecule has 1 saturated heterocycles. The minimum atomic E-state index is -0.211. The fraction of sp³-hybridized carbons (Fsp3) is 0.360. The molecule has 0 spiro atoms. The Balaban J connectivity index is 1.41. The lowest BCUT2D eigenvalue weighted by molar-refractivity contribution is 0.102. The number of piperidine rings is 1. The van der Waals surface area contributed by atoms with Crippen LogP contribution in [0, 0.1) is 6.92 Å². The second kappa shape index (κ2) is 9.87. The van der Waals surface area contributed by atoms with Crippen molar-refractivity contribution in [3.63, 3.8) is 0 Å². The maximum absolute atomic E-state index is 12.5. The molecule has 4 rings (SSSR count). The third kappa shape index (κ3) is 5.48. The normalized spacial score (nSPS) is 15.4. The number of amides is 1. The van der Waals surface area contributed by atoms with Gasteiger partial charge in [-0.25, -0.2) is 4.98 Å². The zero-order valence-electron chi connectivity index (χ0n) is 18.5. The fourth-order valence-corrected chi connectivity index (χ4v) is 3.90. The monoisotopic (exact) mass is 431 g/mol. The Hall–Kier alpha value is -3.32. The van der Waals surface area contributed by atoms with Crippen LogP contribution in [-0.2, 0) is 6.42 Å². The van der Waals surface area contributed by atoms with Gasteiger partial charge in [0.1, 0.15) is 5.82 Å². The van der Waals surface area contributed by atoms with Gasteiger partial charge in [-0.2, -0.15) is 0 Å². The lowest BCUT2D eigenvalue weighted by Crippen LogP contribution is -2.36. The van der Waals surface area contributed by atoms with Gasteiger partial charge in [-0.3, -0.25) is 14.8 Å². The van der Waals surface area contributed by atoms with E-state index in [1.54, 1.807) is 18.5 Å². The van der Waals surface area contributed by atoms with Crippen LogP contribution in [0.2, 0.25) is 0 Å². The quantitative estimate of drug-likeness (QED) is 0.618. The average Bonchev–Trinajstić information content (AvgIpc) is 2.80. The van der Waals surface area contributed by atoms with Crippen LogP contribution in [0.4, 0.5) is 11.5 Å². The molecule has 3 aromatic rings. The lowest BCUT2D eigenvalue weighted by Gasteiger charge is -2.30. The Bertz CT molecular complexity index is 1060. The molecule has 0 saturated carbocycles. The molecule has 0 unspecified atom stereocenters. The Morgan fingerprint density at radius 1 is 1.19 bits per heavy atom. The van der Waals surface area contributed by atoms with Crippen molar-refractivity contribution in [2.75, 3.05) is 23.3 Å². The highest BCUT2D eigenvalue weighted by Crippen LogP contribution is 2.24. The van der Waals surface area contributed by atoms with Crippen LogP contribution in [0.25, 0.3) is 0 Å². The fourth-order valence-electron chi connectivity index (χ4n) is 3.90. The van der Waals surface area contributed by atoms with E-state index in [9.17, 15) is 9.90 Å². The zero-order valence-corrected chi connectivity index (χ0v) is 18.5. The number of aliphatic hydroxyl groups excluding tert-OH is 1. The molecule has 1 aliphatic heterocycles. The number of anilines is 2. The van der Waals surface area contributed by atoms with Crippen molar-refractivity contribution in [2.45, 2.75) is 45.1 Å². The third-order valence-corrected chi connectivity index (χ3v) is 5.86. The SMILES string of the molecule is Cc1ccc(C(=O)Nc2cccc([C@H](C)Cc3cncc(N4CCC(O)CC4)n3)c2)cn1. The average molecular weight is 432 g/mol. The van der Waals surface area contributed by atoms with Crippen LogP contribution in [0.3, 0.4) is 0 Å². The van der Waals surface area contributed by atoms with Crippen LogP contribution < -0.4 is 10.2 Å². The molecule has 3 heterocycles. The topological polar surface area (TPSA) is 91.2 Å². The lowest BCUT2D eigenvalue weighted by atomic mass is 9.96. The van der Waals surface area contributed by atoms with E-state index < -0.39 is 0 Å². The minimum absolute atomic E-state index is 0.174. The number of carbonyl (C=O) groups is 1. The number of nitrogens with one attached hydrogen (secondary N) is 1. The number of rotatable bonds is 6. The molecular formula is C25H29N5O2. The van der Waals surface area contributed by atoms with E-state index >= 15 is 0 Å². The molecule has 1 atom stereocenters. The van der Waals surface area contributed by atoms with Gasteiger partial charge in [-0.05, 0) is 61.9 Å². The summed E-state index contributed by atoms with van der Waals surface area (Å²) in [5.41, 5.74) is 4.22. The second-order valence-electron chi connectivity index (χ2n) is 8.46. The summed E-state index contributed by atoms with van der Waals surface area (Å²) in [7, 11) is 0. The van der Waals surface area contributed by atoms with Gasteiger partial charge >= 0.3 is 0 Å². The van der Waals surface area contributed by atoms with Gasteiger partial charge in [0, 0.05) is 36.9 Å². The zero-order chi connectivity index (χ0) is 22.5. The summed E-state index contributed by atoms with van der Waals surface area (Å²) in [6, 6.07) is 11.5. The molecule has 1 aromatic carbocycles. The molecule has 7 nitrogen and oxygen atoms in total.